The van der Waals surface area contributed by atoms with Crippen molar-refractivity contribution in [2.75, 3.05) is 18.5 Å². The summed E-state index contributed by atoms with van der Waals surface area (Å²) in [6.07, 6.45) is 0. The van der Waals surface area contributed by atoms with Crippen molar-refractivity contribution in [1.82, 2.24) is 0 Å². The first-order chi connectivity index (χ1) is 10.5. The molecule has 0 aromatic heterocycles. The largest absolute Gasteiger partial charge is 0.486 e. The number of ether oxygens (including phenoxy) is 2. The summed E-state index contributed by atoms with van der Waals surface area (Å²) in [4.78, 5) is 12.1. The van der Waals surface area contributed by atoms with Crippen LogP contribution in [-0.2, 0) is 0 Å². The van der Waals surface area contributed by atoms with Gasteiger partial charge in [0, 0.05) is 28.2 Å². The minimum atomic E-state index is -0.814. The van der Waals surface area contributed by atoms with Crippen molar-refractivity contribution in [1.29, 1.82) is 0 Å². The number of hydrogen-bond donors (Lipinski definition) is 1. The molecule has 0 bridgehead atoms. The van der Waals surface area contributed by atoms with Crippen molar-refractivity contribution in [2.24, 2.45) is 0 Å². The van der Waals surface area contributed by atoms with Gasteiger partial charge in [-0.2, -0.15) is 0 Å². The van der Waals surface area contributed by atoms with E-state index < -0.39 is 17.5 Å². The van der Waals surface area contributed by atoms with Crippen molar-refractivity contribution in [2.45, 2.75) is 0 Å². The summed E-state index contributed by atoms with van der Waals surface area (Å²) in [5.41, 5.74) is 0.304. The number of hydrogen-bond acceptors (Lipinski definition) is 3. The van der Waals surface area contributed by atoms with Crippen molar-refractivity contribution < 1.29 is 23.0 Å². The van der Waals surface area contributed by atoms with Gasteiger partial charge >= 0.3 is 0 Å². The van der Waals surface area contributed by atoms with Gasteiger partial charge in [0.05, 0.1) is 5.69 Å². The predicted octanol–water partition coefficient (Wildman–Crippen LogP) is 3.75. The lowest BCUT2D eigenvalue weighted by Gasteiger charge is -2.20. The summed E-state index contributed by atoms with van der Waals surface area (Å²) in [5.74, 6) is -1.20. The Kier molecular flexibility index (Phi) is 3.98. The maximum Gasteiger partial charge on any atom is 0.255 e. The molecule has 1 heterocycles. The third kappa shape index (κ3) is 3.04. The highest BCUT2D eigenvalue weighted by atomic mass is 79.9. The Bertz CT molecular complexity index is 732. The van der Waals surface area contributed by atoms with Crippen LogP contribution in [0.15, 0.2) is 34.8 Å². The number of nitrogens with one attached hydrogen (secondary N) is 1. The molecule has 1 N–H and O–H groups in total. The Hall–Kier alpha value is -2.15. The summed E-state index contributed by atoms with van der Waals surface area (Å²) < 4.78 is 37.7. The molecule has 0 unspecified atom stereocenters. The first-order valence-electron chi connectivity index (χ1n) is 6.39. The zero-order valence-electron chi connectivity index (χ0n) is 11.2. The van der Waals surface area contributed by atoms with E-state index in [0.29, 0.717) is 40.9 Å². The van der Waals surface area contributed by atoms with Crippen LogP contribution >= 0.6 is 15.9 Å². The van der Waals surface area contributed by atoms with Gasteiger partial charge in [0.25, 0.3) is 5.91 Å². The Balaban J connectivity index is 1.87. The normalized spacial score (nSPS) is 12.9. The van der Waals surface area contributed by atoms with Gasteiger partial charge in [-0.1, -0.05) is 0 Å². The molecule has 0 saturated carbocycles. The highest BCUT2D eigenvalue weighted by Gasteiger charge is 2.17. The Morgan fingerprint density at radius 1 is 1.00 bits per heavy atom. The number of amides is 1. The first kappa shape index (κ1) is 14.8. The molecule has 0 aliphatic carbocycles. The number of halogens is 3. The lowest BCUT2D eigenvalue weighted by Crippen LogP contribution is -2.17. The van der Waals surface area contributed by atoms with Crippen molar-refractivity contribution >= 4 is 27.5 Å². The highest BCUT2D eigenvalue weighted by molar-refractivity contribution is 9.10. The smallest absolute Gasteiger partial charge is 0.255 e. The van der Waals surface area contributed by atoms with E-state index in [4.69, 9.17) is 9.47 Å². The molecule has 0 atom stereocenters. The summed E-state index contributed by atoms with van der Waals surface area (Å²) in [7, 11) is 0. The molecule has 0 fully saturated rings. The van der Waals surface area contributed by atoms with E-state index in [0.717, 1.165) is 12.1 Å². The maximum absolute atomic E-state index is 13.2. The van der Waals surface area contributed by atoms with E-state index in [-0.39, 0.29) is 5.56 Å². The molecule has 2 aromatic rings. The van der Waals surface area contributed by atoms with Crippen LogP contribution < -0.4 is 14.8 Å². The fraction of sp³-hybridized carbons (Fsp3) is 0.133. The molecule has 7 heteroatoms. The fourth-order valence-corrected chi connectivity index (χ4v) is 2.46. The van der Waals surface area contributed by atoms with E-state index in [9.17, 15) is 13.6 Å². The number of fused-ring (bicyclic) bond motifs is 1. The number of benzene rings is 2. The monoisotopic (exact) mass is 369 g/mol. The molecule has 1 amide bonds. The molecule has 0 spiro atoms. The van der Waals surface area contributed by atoms with Crippen molar-refractivity contribution in [3.05, 3.63) is 52.0 Å². The van der Waals surface area contributed by atoms with Crippen LogP contribution in [0.5, 0.6) is 11.5 Å². The second-order valence-corrected chi connectivity index (χ2v) is 5.44. The van der Waals surface area contributed by atoms with E-state index in [2.05, 4.69) is 21.2 Å². The van der Waals surface area contributed by atoms with Gasteiger partial charge in [0.1, 0.15) is 24.8 Å². The van der Waals surface area contributed by atoms with Crippen LogP contribution in [0.2, 0.25) is 0 Å². The van der Waals surface area contributed by atoms with Gasteiger partial charge in [0.2, 0.25) is 0 Å². The minimum Gasteiger partial charge on any atom is -0.486 e. The van der Waals surface area contributed by atoms with Crippen molar-refractivity contribution in [3.63, 3.8) is 0 Å². The van der Waals surface area contributed by atoms with Crippen molar-refractivity contribution in [3.8, 4) is 11.5 Å². The molecular formula is C15H10BrF2NO3. The van der Waals surface area contributed by atoms with Crippen LogP contribution in [0, 0.1) is 11.6 Å². The zero-order valence-corrected chi connectivity index (χ0v) is 12.7. The average molecular weight is 370 g/mol. The van der Waals surface area contributed by atoms with Crippen LogP contribution in [0.25, 0.3) is 0 Å². The van der Waals surface area contributed by atoms with Gasteiger partial charge in [-0.25, -0.2) is 8.78 Å². The Labute approximate surface area is 133 Å². The number of carbonyl (C=O) groups excluding carboxylic acids is 1. The van der Waals surface area contributed by atoms with Crippen LogP contribution in [0.1, 0.15) is 10.4 Å². The molecular weight excluding hydrogens is 360 g/mol. The van der Waals surface area contributed by atoms with Crippen LogP contribution in [0.3, 0.4) is 0 Å². The summed E-state index contributed by atoms with van der Waals surface area (Å²) in [6, 6.07) is 5.88. The van der Waals surface area contributed by atoms with E-state index >= 15 is 0 Å². The average Bonchev–Trinajstić information content (AvgIpc) is 2.47. The Morgan fingerprint density at radius 3 is 2.23 bits per heavy atom. The van der Waals surface area contributed by atoms with Gasteiger partial charge in [-0.15, -0.1) is 0 Å². The third-order valence-electron chi connectivity index (χ3n) is 3.00. The standard InChI is InChI=1S/C15H10BrF2NO3/c16-11-6-13-14(22-2-1-21-13)7-12(11)19-15(20)8-3-9(17)5-10(18)4-8/h3-7H,1-2H2,(H,19,20). The number of rotatable bonds is 2. The first-order valence-corrected chi connectivity index (χ1v) is 7.19. The number of carbonyl (C=O) groups is 1. The molecule has 2 aromatic carbocycles. The summed E-state index contributed by atoms with van der Waals surface area (Å²) in [6.45, 7) is 0.866. The van der Waals surface area contributed by atoms with E-state index in [1.807, 2.05) is 0 Å². The second-order valence-electron chi connectivity index (χ2n) is 4.59. The minimum absolute atomic E-state index is 0.112. The third-order valence-corrected chi connectivity index (χ3v) is 3.66. The highest BCUT2D eigenvalue weighted by Crippen LogP contribution is 2.38. The quantitative estimate of drug-likeness (QED) is 0.876. The van der Waals surface area contributed by atoms with Gasteiger partial charge < -0.3 is 14.8 Å². The molecule has 114 valence electrons. The summed E-state index contributed by atoms with van der Waals surface area (Å²) >= 11 is 3.31. The van der Waals surface area contributed by atoms with Gasteiger partial charge in [-0.3, -0.25) is 4.79 Å². The SMILES string of the molecule is O=C(Nc1cc2c(cc1Br)OCCO2)c1cc(F)cc(F)c1. The predicted molar refractivity (Wildman–Crippen MR) is 79.4 cm³/mol. The molecule has 4 nitrogen and oxygen atoms in total. The van der Waals surface area contributed by atoms with E-state index in [1.54, 1.807) is 12.1 Å². The number of anilines is 1. The fourth-order valence-electron chi connectivity index (χ4n) is 2.04. The van der Waals surface area contributed by atoms with Gasteiger partial charge in [0.15, 0.2) is 11.5 Å². The zero-order chi connectivity index (χ0) is 15.7. The summed E-state index contributed by atoms with van der Waals surface area (Å²) in [5, 5.41) is 2.58. The topological polar surface area (TPSA) is 47.6 Å². The Morgan fingerprint density at radius 2 is 1.59 bits per heavy atom. The van der Waals surface area contributed by atoms with Gasteiger partial charge in [-0.05, 0) is 28.1 Å². The maximum atomic E-state index is 13.2. The van der Waals surface area contributed by atoms with Crippen LogP contribution in [-0.4, -0.2) is 19.1 Å². The molecule has 1 aliphatic heterocycles. The second kappa shape index (κ2) is 5.92. The lowest BCUT2D eigenvalue weighted by atomic mass is 10.2. The molecule has 0 saturated heterocycles. The molecule has 3 rings (SSSR count). The molecule has 1 aliphatic rings. The van der Waals surface area contributed by atoms with E-state index in [1.165, 1.54) is 0 Å². The molecule has 0 radical (unpaired) electrons. The molecule has 22 heavy (non-hydrogen) atoms. The van der Waals surface area contributed by atoms with Crippen LogP contribution in [0.4, 0.5) is 14.5 Å². The lowest BCUT2D eigenvalue weighted by molar-refractivity contribution is 0.102.